The molecule has 7 heteroatoms. The standard InChI is InChI=1S/C14H20N2O4S/c1-9-3-4-11(7-13(9)21(15,18)19)14(17)16-10(2)12-5-6-20-8-12/h3-4,7,10,12H,5-6,8H2,1-2H3,(H,16,17)(H2,15,18,19). The number of rotatable bonds is 4. The topological polar surface area (TPSA) is 98.5 Å². The van der Waals surface area contributed by atoms with Gasteiger partial charge in [0.1, 0.15) is 0 Å². The van der Waals surface area contributed by atoms with Crippen LogP contribution in [-0.4, -0.2) is 33.6 Å². The molecule has 0 bridgehead atoms. The SMILES string of the molecule is Cc1ccc(C(=O)NC(C)C2CCOC2)cc1S(N)(=O)=O. The van der Waals surface area contributed by atoms with Crippen LogP contribution in [0.4, 0.5) is 0 Å². The second kappa shape index (κ2) is 6.13. The van der Waals surface area contributed by atoms with Gasteiger partial charge in [0.2, 0.25) is 10.0 Å². The van der Waals surface area contributed by atoms with Crippen molar-refractivity contribution in [3.63, 3.8) is 0 Å². The van der Waals surface area contributed by atoms with Crippen LogP contribution >= 0.6 is 0 Å². The summed E-state index contributed by atoms with van der Waals surface area (Å²) < 4.78 is 28.3. The van der Waals surface area contributed by atoms with Gasteiger partial charge < -0.3 is 10.1 Å². The lowest BCUT2D eigenvalue weighted by Crippen LogP contribution is -2.38. The molecule has 1 aliphatic heterocycles. The number of aryl methyl sites for hydroxylation is 1. The quantitative estimate of drug-likeness (QED) is 0.859. The summed E-state index contributed by atoms with van der Waals surface area (Å²) in [4.78, 5) is 12.2. The highest BCUT2D eigenvalue weighted by Crippen LogP contribution is 2.18. The van der Waals surface area contributed by atoms with E-state index in [9.17, 15) is 13.2 Å². The van der Waals surface area contributed by atoms with Crippen molar-refractivity contribution >= 4 is 15.9 Å². The Hall–Kier alpha value is -1.44. The van der Waals surface area contributed by atoms with Gasteiger partial charge >= 0.3 is 0 Å². The predicted octanol–water partition coefficient (Wildman–Crippen LogP) is 0.797. The van der Waals surface area contributed by atoms with Crippen LogP contribution in [0.3, 0.4) is 0 Å². The molecule has 1 fully saturated rings. The number of hydrogen-bond donors (Lipinski definition) is 2. The Bertz CT molecular complexity index is 636. The average molecular weight is 312 g/mol. The number of benzene rings is 1. The van der Waals surface area contributed by atoms with Crippen LogP contribution in [0, 0.1) is 12.8 Å². The Morgan fingerprint density at radius 3 is 2.76 bits per heavy atom. The number of sulfonamides is 1. The molecular weight excluding hydrogens is 292 g/mol. The molecule has 1 aromatic carbocycles. The van der Waals surface area contributed by atoms with Gasteiger partial charge in [0.05, 0.1) is 11.5 Å². The van der Waals surface area contributed by atoms with E-state index in [0.717, 1.165) is 6.42 Å². The molecule has 0 saturated carbocycles. The molecule has 1 saturated heterocycles. The van der Waals surface area contributed by atoms with Crippen LogP contribution in [0.15, 0.2) is 23.1 Å². The largest absolute Gasteiger partial charge is 0.381 e. The first-order valence-corrected chi connectivity index (χ1v) is 8.35. The van der Waals surface area contributed by atoms with Gasteiger partial charge in [-0.25, -0.2) is 13.6 Å². The number of hydrogen-bond acceptors (Lipinski definition) is 4. The molecule has 2 atom stereocenters. The molecule has 2 rings (SSSR count). The first kappa shape index (κ1) is 15.9. The summed E-state index contributed by atoms with van der Waals surface area (Å²) in [5, 5.41) is 8.03. The Labute approximate surface area is 124 Å². The van der Waals surface area contributed by atoms with Gasteiger partial charge in [-0.05, 0) is 38.0 Å². The van der Waals surface area contributed by atoms with Gasteiger partial charge in [0.15, 0.2) is 0 Å². The third-order valence-electron chi connectivity index (χ3n) is 3.79. The van der Waals surface area contributed by atoms with E-state index in [1.807, 2.05) is 6.92 Å². The van der Waals surface area contributed by atoms with Crippen molar-refractivity contribution in [1.29, 1.82) is 0 Å². The Morgan fingerprint density at radius 1 is 1.48 bits per heavy atom. The number of nitrogens with one attached hydrogen (secondary N) is 1. The van der Waals surface area contributed by atoms with Gasteiger partial charge in [-0.15, -0.1) is 0 Å². The summed E-state index contributed by atoms with van der Waals surface area (Å²) in [6.07, 6.45) is 0.914. The smallest absolute Gasteiger partial charge is 0.251 e. The molecule has 3 N–H and O–H groups in total. The van der Waals surface area contributed by atoms with Gasteiger partial charge in [-0.3, -0.25) is 4.79 Å². The van der Waals surface area contributed by atoms with Gasteiger partial charge in [-0.2, -0.15) is 0 Å². The molecule has 21 heavy (non-hydrogen) atoms. The lowest BCUT2D eigenvalue weighted by molar-refractivity contribution is 0.0922. The number of primary sulfonamides is 1. The minimum absolute atomic E-state index is 0.0213. The van der Waals surface area contributed by atoms with E-state index in [0.29, 0.717) is 18.8 Å². The summed E-state index contributed by atoms with van der Waals surface area (Å²) >= 11 is 0. The zero-order valence-corrected chi connectivity index (χ0v) is 12.9. The zero-order valence-electron chi connectivity index (χ0n) is 12.1. The molecule has 0 aliphatic carbocycles. The van der Waals surface area contributed by atoms with E-state index in [-0.39, 0.29) is 28.3 Å². The molecular formula is C14H20N2O4S. The van der Waals surface area contributed by atoms with E-state index in [2.05, 4.69) is 5.32 Å². The number of carbonyl (C=O) groups excluding carboxylic acids is 1. The molecule has 1 heterocycles. The third-order valence-corrected chi connectivity index (χ3v) is 4.84. The van der Waals surface area contributed by atoms with Crippen molar-refractivity contribution in [2.45, 2.75) is 31.2 Å². The maximum Gasteiger partial charge on any atom is 0.251 e. The minimum Gasteiger partial charge on any atom is -0.381 e. The predicted molar refractivity (Wildman–Crippen MR) is 78.4 cm³/mol. The van der Waals surface area contributed by atoms with Crippen LogP contribution < -0.4 is 10.5 Å². The molecule has 1 amide bonds. The van der Waals surface area contributed by atoms with Crippen molar-refractivity contribution in [3.05, 3.63) is 29.3 Å². The average Bonchev–Trinajstić information content (AvgIpc) is 2.91. The van der Waals surface area contributed by atoms with Crippen molar-refractivity contribution in [2.24, 2.45) is 11.1 Å². The van der Waals surface area contributed by atoms with Crippen molar-refractivity contribution in [1.82, 2.24) is 5.32 Å². The fourth-order valence-electron chi connectivity index (χ4n) is 2.40. The summed E-state index contributed by atoms with van der Waals surface area (Å²) in [6.45, 7) is 4.91. The molecule has 0 radical (unpaired) electrons. The first-order chi connectivity index (χ1) is 9.79. The summed E-state index contributed by atoms with van der Waals surface area (Å²) in [7, 11) is -3.83. The van der Waals surface area contributed by atoms with Crippen LogP contribution in [-0.2, 0) is 14.8 Å². The van der Waals surface area contributed by atoms with Crippen LogP contribution in [0.25, 0.3) is 0 Å². The highest BCUT2D eigenvalue weighted by molar-refractivity contribution is 7.89. The number of nitrogens with two attached hydrogens (primary N) is 1. The van der Waals surface area contributed by atoms with Crippen molar-refractivity contribution < 1.29 is 17.9 Å². The van der Waals surface area contributed by atoms with Gasteiger partial charge in [0, 0.05) is 24.1 Å². The maximum absolute atomic E-state index is 12.2. The van der Waals surface area contributed by atoms with E-state index in [4.69, 9.17) is 9.88 Å². The fourth-order valence-corrected chi connectivity index (χ4v) is 3.21. The van der Waals surface area contributed by atoms with Gasteiger partial charge in [-0.1, -0.05) is 6.07 Å². The monoisotopic (exact) mass is 312 g/mol. The molecule has 2 unspecified atom stereocenters. The number of carbonyl (C=O) groups is 1. The Balaban J connectivity index is 2.16. The highest BCUT2D eigenvalue weighted by Gasteiger charge is 2.24. The normalized spacial score (nSPS) is 20.2. The maximum atomic E-state index is 12.2. The Kier molecular flexibility index (Phi) is 4.65. The Morgan fingerprint density at radius 2 is 2.19 bits per heavy atom. The van der Waals surface area contributed by atoms with Crippen LogP contribution in [0.5, 0.6) is 0 Å². The molecule has 1 aliphatic rings. The van der Waals surface area contributed by atoms with Crippen LogP contribution in [0.1, 0.15) is 29.3 Å². The molecule has 6 nitrogen and oxygen atoms in total. The van der Waals surface area contributed by atoms with E-state index in [1.165, 1.54) is 6.07 Å². The molecule has 0 spiro atoms. The molecule has 116 valence electrons. The second-order valence-electron chi connectivity index (χ2n) is 5.41. The third kappa shape index (κ3) is 3.81. The van der Waals surface area contributed by atoms with Crippen LogP contribution in [0.2, 0.25) is 0 Å². The van der Waals surface area contributed by atoms with E-state index in [1.54, 1.807) is 19.1 Å². The molecule has 0 aromatic heterocycles. The van der Waals surface area contributed by atoms with E-state index < -0.39 is 10.0 Å². The minimum atomic E-state index is -3.83. The van der Waals surface area contributed by atoms with E-state index >= 15 is 0 Å². The fraction of sp³-hybridized carbons (Fsp3) is 0.500. The lowest BCUT2D eigenvalue weighted by atomic mass is 10.0. The highest BCUT2D eigenvalue weighted by atomic mass is 32.2. The second-order valence-corrected chi connectivity index (χ2v) is 6.94. The number of ether oxygens (including phenoxy) is 1. The first-order valence-electron chi connectivity index (χ1n) is 6.81. The summed E-state index contributed by atoms with van der Waals surface area (Å²) in [5.41, 5.74) is 0.807. The van der Waals surface area contributed by atoms with Gasteiger partial charge in [0.25, 0.3) is 5.91 Å². The summed E-state index contributed by atoms with van der Waals surface area (Å²) in [6, 6.07) is 4.46. The zero-order chi connectivity index (χ0) is 15.6. The van der Waals surface area contributed by atoms with Crippen molar-refractivity contribution in [2.75, 3.05) is 13.2 Å². The number of amides is 1. The lowest BCUT2D eigenvalue weighted by Gasteiger charge is -2.19. The molecule has 1 aromatic rings. The summed E-state index contributed by atoms with van der Waals surface area (Å²) in [5.74, 6) is -0.0172. The van der Waals surface area contributed by atoms with Crippen molar-refractivity contribution in [3.8, 4) is 0 Å².